The molecule has 1 aliphatic carbocycles. The maximum absolute atomic E-state index is 11.5. The Morgan fingerprint density at radius 1 is 1.50 bits per heavy atom. The number of terminal acetylenes is 1. The van der Waals surface area contributed by atoms with E-state index in [2.05, 4.69) is 16.6 Å². The minimum atomic E-state index is -0.202. The van der Waals surface area contributed by atoms with Crippen LogP contribution in [0.25, 0.3) is 0 Å². The van der Waals surface area contributed by atoms with E-state index in [0.717, 1.165) is 23.4 Å². The van der Waals surface area contributed by atoms with Gasteiger partial charge in [-0.2, -0.15) is 0 Å². The Hall–Kier alpha value is -1.99. The van der Waals surface area contributed by atoms with Crippen molar-refractivity contribution >= 4 is 5.91 Å². The van der Waals surface area contributed by atoms with E-state index in [4.69, 9.17) is 11.2 Å². The van der Waals surface area contributed by atoms with Crippen molar-refractivity contribution in [3.63, 3.8) is 0 Å². The van der Waals surface area contributed by atoms with Crippen molar-refractivity contribution < 1.29 is 9.53 Å². The van der Waals surface area contributed by atoms with Crippen molar-refractivity contribution in [2.75, 3.05) is 13.2 Å². The molecule has 1 amide bonds. The largest absolute Gasteiger partial charge is 0.483 e. The molecule has 2 rings (SSSR count). The molecule has 1 saturated carbocycles. The molecule has 0 atom stereocenters. The normalized spacial score (nSPS) is 13.6. The number of benzene rings is 1. The molecular formula is C16H20N2O2. The van der Waals surface area contributed by atoms with Crippen molar-refractivity contribution in [2.45, 2.75) is 32.4 Å². The summed E-state index contributed by atoms with van der Waals surface area (Å²) in [5, 5.41) is 6.04. The summed E-state index contributed by atoms with van der Waals surface area (Å²) in [6, 6.07) is 6.65. The van der Waals surface area contributed by atoms with E-state index in [1.54, 1.807) is 0 Å². The van der Waals surface area contributed by atoms with Crippen LogP contribution in [0.2, 0.25) is 0 Å². The number of amides is 1. The van der Waals surface area contributed by atoms with Crippen molar-refractivity contribution in [2.24, 2.45) is 0 Å². The van der Waals surface area contributed by atoms with E-state index >= 15 is 0 Å². The predicted octanol–water partition coefficient (Wildman–Crippen LogP) is 1.38. The summed E-state index contributed by atoms with van der Waals surface area (Å²) in [6.07, 6.45) is 7.59. The van der Waals surface area contributed by atoms with Gasteiger partial charge in [0.25, 0.3) is 5.91 Å². The first-order valence-corrected chi connectivity index (χ1v) is 6.85. The van der Waals surface area contributed by atoms with Crippen molar-refractivity contribution in [1.29, 1.82) is 0 Å². The summed E-state index contributed by atoms with van der Waals surface area (Å²) in [7, 11) is 0. The maximum Gasteiger partial charge on any atom is 0.258 e. The van der Waals surface area contributed by atoms with E-state index < -0.39 is 0 Å². The van der Waals surface area contributed by atoms with E-state index in [1.807, 2.05) is 25.1 Å². The number of nitrogens with one attached hydrogen (secondary N) is 2. The highest BCUT2D eigenvalue weighted by molar-refractivity contribution is 5.77. The third-order valence-electron chi connectivity index (χ3n) is 3.19. The van der Waals surface area contributed by atoms with Crippen LogP contribution in [0, 0.1) is 19.3 Å². The van der Waals surface area contributed by atoms with Gasteiger partial charge in [-0.3, -0.25) is 4.79 Å². The number of para-hydroxylation sites is 1. The quantitative estimate of drug-likeness (QED) is 0.737. The molecule has 4 heteroatoms. The average Bonchev–Trinajstić information content (AvgIpc) is 3.26. The molecular weight excluding hydrogens is 252 g/mol. The van der Waals surface area contributed by atoms with E-state index in [1.165, 1.54) is 12.8 Å². The Bertz CT molecular complexity index is 516. The fourth-order valence-electron chi connectivity index (χ4n) is 1.94. The Morgan fingerprint density at radius 2 is 2.30 bits per heavy atom. The van der Waals surface area contributed by atoms with Gasteiger partial charge in [0.15, 0.2) is 6.61 Å². The predicted molar refractivity (Wildman–Crippen MR) is 78.4 cm³/mol. The zero-order chi connectivity index (χ0) is 14.4. The summed E-state index contributed by atoms with van der Waals surface area (Å²) < 4.78 is 5.66. The van der Waals surface area contributed by atoms with E-state index in [0.29, 0.717) is 6.04 Å². The van der Waals surface area contributed by atoms with Crippen molar-refractivity contribution in [1.82, 2.24) is 10.6 Å². The molecule has 1 aromatic rings. The molecule has 0 saturated heterocycles. The van der Waals surface area contributed by atoms with Crippen LogP contribution < -0.4 is 15.4 Å². The Balaban J connectivity index is 1.94. The number of carbonyl (C=O) groups is 1. The number of aryl methyl sites for hydroxylation is 1. The van der Waals surface area contributed by atoms with Crippen LogP contribution in [0.1, 0.15) is 24.0 Å². The lowest BCUT2D eigenvalue weighted by atomic mass is 10.1. The van der Waals surface area contributed by atoms with Crippen LogP contribution in [0.15, 0.2) is 18.2 Å². The molecule has 0 heterocycles. The second-order valence-corrected chi connectivity index (χ2v) is 4.99. The van der Waals surface area contributed by atoms with Gasteiger partial charge in [0, 0.05) is 18.2 Å². The molecule has 0 radical (unpaired) electrons. The number of hydrogen-bond acceptors (Lipinski definition) is 3. The summed E-state index contributed by atoms with van der Waals surface area (Å²) >= 11 is 0. The monoisotopic (exact) mass is 272 g/mol. The fourth-order valence-corrected chi connectivity index (χ4v) is 1.94. The second kappa shape index (κ2) is 6.97. The molecule has 0 spiro atoms. The SMILES string of the molecule is C#CCNC(=O)COc1c(C)cccc1CNC1CC1. The lowest BCUT2D eigenvalue weighted by Gasteiger charge is -2.14. The van der Waals surface area contributed by atoms with Crippen molar-refractivity contribution in [3.8, 4) is 18.1 Å². The van der Waals surface area contributed by atoms with Gasteiger partial charge in [-0.15, -0.1) is 6.42 Å². The minimum absolute atomic E-state index is 0.0110. The maximum atomic E-state index is 11.5. The topological polar surface area (TPSA) is 50.4 Å². The molecule has 0 bridgehead atoms. The van der Waals surface area contributed by atoms with Crippen LogP contribution >= 0.6 is 0 Å². The first-order valence-electron chi connectivity index (χ1n) is 6.85. The Labute approximate surface area is 119 Å². The van der Waals surface area contributed by atoms with E-state index in [9.17, 15) is 4.79 Å². The van der Waals surface area contributed by atoms with Crippen LogP contribution in [0.4, 0.5) is 0 Å². The highest BCUT2D eigenvalue weighted by atomic mass is 16.5. The third kappa shape index (κ3) is 4.29. The average molecular weight is 272 g/mol. The van der Waals surface area contributed by atoms with Gasteiger partial charge in [0.05, 0.1) is 6.54 Å². The molecule has 0 aliphatic heterocycles. The van der Waals surface area contributed by atoms with Gasteiger partial charge >= 0.3 is 0 Å². The third-order valence-corrected chi connectivity index (χ3v) is 3.19. The van der Waals surface area contributed by atoms with Gasteiger partial charge in [-0.05, 0) is 25.3 Å². The van der Waals surface area contributed by atoms with Gasteiger partial charge in [0.1, 0.15) is 5.75 Å². The summed E-state index contributed by atoms with van der Waals surface area (Å²) in [4.78, 5) is 11.5. The molecule has 0 unspecified atom stereocenters. The second-order valence-electron chi connectivity index (χ2n) is 4.99. The minimum Gasteiger partial charge on any atom is -0.483 e. The van der Waals surface area contributed by atoms with Crippen LogP contribution in [0.3, 0.4) is 0 Å². The molecule has 1 aliphatic rings. The van der Waals surface area contributed by atoms with Gasteiger partial charge < -0.3 is 15.4 Å². The van der Waals surface area contributed by atoms with Gasteiger partial charge in [-0.1, -0.05) is 24.1 Å². The van der Waals surface area contributed by atoms with Crippen LogP contribution in [-0.4, -0.2) is 25.1 Å². The number of hydrogen-bond donors (Lipinski definition) is 2. The molecule has 2 N–H and O–H groups in total. The van der Waals surface area contributed by atoms with Gasteiger partial charge in [0.2, 0.25) is 0 Å². The zero-order valence-corrected chi connectivity index (χ0v) is 11.7. The van der Waals surface area contributed by atoms with Gasteiger partial charge in [-0.25, -0.2) is 0 Å². The highest BCUT2D eigenvalue weighted by Crippen LogP contribution is 2.25. The smallest absolute Gasteiger partial charge is 0.258 e. The summed E-state index contributed by atoms with van der Waals surface area (Å²) in [5.74, 6) is 2.95. The number of rotatable bonds is 7. The zero-order valence-electron chi connectivity index (χ0n) is 11.7. The molecule has 20 heavy (non-hydrogen) atoms. The number of carbonyl (C=O) groups excluding carboxylic acids is 1. The number of ether oxygens (including phenoxy) is 1. The fraction of sp³-hybridized carbons (Fsp3) is 0.438. The molecule has 0 aromatic heterocycles. The standard InChI is InChI=1S/C16H20N2O2/c1-3-9-17-15(19)11-20-16-12(2)5-4-6-13(16)10-18-14-7-8-14/h1,4-6,14,18H,7-11H2,2H3,(H,17,19). The Kier molecular flexibility index (Phi) is 5.03. The van der Waals surface area contributed by atoms with E-state index in [-0.39, 0.29) is 19.1 Å². The summed E-state index contributed by atoms with van der Waals surface area (Å²) in [6.45, 7) is 2.97. The van der Waals surface area contributed by atoms with Crippen LogP contribution in [0.5, 0.6) is 5.75 Å². The first-order chi connectivity index (χ1) is 9.70. The highest BCUT2D eigenvalue weighted by Gasteiger charge is 2.21. The molecule has 106 valence electrons. The lowest BCUT2D eigenvalue weighted by Crippen LogP contribution is -2.29. The summed E-state index contributed by atoms with van der Waals surface area (Å²) in [5.41, 5.74) is 2.12. The lowest BCUT2D eigenvalue weighted by molar-refractivity contribution is -0.122. The Morgan fingerprint density at radius 3 is 3.00 bits per heavy atom. The molecule has 1 fully saturated rings. The molecule has 4 nitrogen and oxygen atoms in total. The first kappa shape index (κ1) is 14.4. The van der Waals surface area contributed by atoms with Crippen molar-refractivity contribution in [3.05, 3.63) is 29.3 Å². The van der Waals surface area contributed by atoms with Crippen LogP contribution in [-0.2, 0) is 11.3 Å². The molecule has 1 aromatic carbocycles.